The summed E-state index contributed by atoms with van der Waals surface area (Å²) in [6.07, 6.45) is 0.909. The van der Waals surface area contributed by atoms with E-state index in [0.29, 0.717) is 13.2 Å². The number of hydrogen-bond donors (Lipinski definition) is 1. The Bertz CT molecular complexity index is 424. The molecule has 0 unspecified atom stereocenters. The van der Waals surface area contributed by atoms with Crippen molar-refractivity contribution in [2.45, 2.75) is 13.3 Å². The van der Waals surface area contributed by atoms with Crippen molar-refractivity contribution < 1.29 is 9.53 Å². The van der Waals surface area contributed by atoms with Gasteiger partial charge in [-0.3, -0.25) is 4.79 Å². The van der Waals surface area contributed by atoms with Crippen molar-refractivity contribution in [1.82, 2.24) is 4.90 Å². The maximum Gasteiger partial charge on any atom is 0.256 e. The van der Waals surface area contributed by atoms with E-state index in [2.05, 4.69) is 5.32 Å². The van der Waals surface area contributed by atoms with Crippen LogP contribution in [0.4, 0.5) is 5.69 Å². The second kappa shape index (κ2) is 5.87. The SMILES string of the molecule is CNc1ccc(C)cc1C(=O)N1CCCOCC1. The van der Waals surface area contributed by atoms with Gasteiger partial charge in [-0.25, -0.2) is 0 Å². The van der Waals surface area contributed by atoms with Crippen molar-refractivity contribution in [3.05, 3.63) is 29.3 Å². The van der Waals surface area contributed by atoms with Gasteiger partial charge in [-0.05, 0) is 25.5 Å². The molecule has 4 heteroatoms. The van der Waals surface area contributed by atoms with Gasteiger partial charge in [0.25, 0.3) is 5.91 Å². The average molecular weight is 248 g/mol. The molecule has 1 saturated heterocycles. The van der Waals surface area contributed by atoms with Gasteiger partial charge in [0.2, 0.25) is 0 Å². The van der Waals surface area contributed by atoms with Crippen LogP contribution in [0.25, 0.3) is 0 Å². The molecule has 1 aliphatic rings. The summed E-state index contributed by atoms with van der Waals surface area (Å²) in [6, 6.07) is 5.91. The van der Waals surface area contributed by atoms with Crippen molar-refractivity contribution in [3.8, 4) is 0 Å². The molecule has 1 heterocycles. The number of aryl methyl sites for hydroxylation is 1. The number of nitrogens with one attached hydrogen (secondary N) is 1. The smallest absolute Gasteiger partial charge is 0.256 e. The van der Waals surface area contributed by atoms with E-state index >= 15 is 0 Å². The van der Waals surface area contributed by atoms with E-state index in [9.17, 15) is 4.79 Å². The summed E-state index contributed by atoms with van der Waals surface area (Å²) in [5.41, 5.74) is 2.73. The lowest BCUT2D eigenvalue weighted by Gasteiger charge is -2.21. The Balaban J connectivity index is 2.23. The van der Waals surface area contributed by atoms with E-state index in [1.165, 1.54) is 0 Å². The van der Waals surface area contributed by atoms with Gasteiger partial charge in [-0.1, -0.05) is 11.6 Å². The van der Waals surface area contributed by atoms with E-state index in [4.69, 9.17) is 4.74 Å². The molecular formula is C14H20N2O2. The van der Waals surface area contributed by atoms with Crippen LogP contribution in [0.15, 0.2) is 18.2 Å². The third-order valence-corrected chi connectivity index (χ3v) is 3.18. The highest BCUT2D eigenvalue weighted by molar-refractivity contribution is 5.99. The van der Waals surface area contributed by atoms with Crippen LogP contribution in [-0.2, 0) is 4.74 Å². The van der Waals surface area contributed by atoms with Crippen LogP contribution < -0.4 is 5.32 Å². The average Bonchev–Trinajstić information content (AvgIpc) is 2.66. The van der Waals surface area contributed by atoms with E-state index in [-0.39, 0.29) is 5.91 Å². The van der Waals surface area contributed by atoms with E-state index in [1.54, 1.807) is 0 Å². The summed E-state index contributed by atoms with van der Waals surface area (Å²) in [5, 5.41) is 3.08. The molecule has 0 aliphatic carbocycles. The quantitative estimate of drug-likeness (QED) is 0.869. The Morgan fingerprint density at radius 2 is 2.17 bits per heavy atom. The molecule has 1 aliphatic heterocycles. The Labute approximate surface area is 108 Å². The van der Waals surface area contributed by atoms with Gasteiger partial charge in [0.15, 0.2) is 0 Å². The van der Waals surface area contributed by atoms with Crippen molar-refractivity contribution in [2.75, 3.05) is 38.7 Å². The van der Waals surface area contributed by atoms with Crippen LogP contribution in [0.2, 0.25) is 0 Å². The number of amides is 1. The molecule has 0 saturated carbocycles. The van der Waals surface area contributed by atoms with Crippen LogP contribution in [0.1, 0.15) is 22.3 Å². The number of anilines is 1. The highest BCUT2D eigenvalue weighted by Gasteiger charge is 2.19. The molecule has 1 aromatic carbocycles. The summed E-state index contributed by atoms with van der Waals surface area (Å²) in [4.78, 5) is 14.4. The zero-order chi connectivity index (χ0) is 13.0. The minimum atomic E-state index is 0.0913. The van der Waals surface area contributed by atoms with E-state index < -0.39 is 0 Å². The maximum atomic E-state index is 12.5. The van der Waals surface area contributed by atoms with Crippen LogP contribution in [-0.4, -0.2) is 44.2 Å². The Kier molecular flexibility index (Phi) is 4.20. The largest absolute Gasteiger partial charge is 0.387 e. The molecule has 4 nitrogen and oxygen atoms in total. The summed E-state index contributed by atoms with van der Waals surface area (Å²) in [6.45, 7) is 4.83. The molecule has 18 heavy (non-hydrogen) atoms. The third-order valence-electron chi connectivity index (χ3n) is 3.18. The molecule has 1 N–H and O–H groups in total. The van der Waals surface area contributed by atoms with Gasteiger partial charge in [-0.15, -0.1) is 0 Å². The lowest BCUT2D eigenvalue weighted by molar-refractivity contribution is 0.0742. The first kappa shape index (κ1) is 12.9. The Morgan fingerprint density at radius 1 is 1.33 bits per heavy atom. The van der Waals surface area contributed by atoms with Crippen molar-refractivity contribution in [1.29, 1.82) is 0 Å². The first-order chi connectivity index (χ1) is 8.72. The van der Waals surface area contributed by atoms with Gasteiger partial charge in [-0.2, -0.15) is 0 Å². The van der Waals surface area contributed by atoms with Gasteiger partial charge >= 0.3 is 0 Å². The van der Waals surface area contributed by atoms with Crippen molar-refractivity contribution >= 4 is 11.6 Å². The van der Waals surface area contributed by atoms with Gasteiger partial charge < -0.3 is 15.0 Å². The molecule has 0 bridgehead atoms. The molecule has 2 rings (SSSR count). The number of carbonyl (C=O) groups excluding carboxylic acids is 1. The lowest BCUT2D eigenvalue weighted by Crippen LogP contribution is -2.33. The first-order valence-electron chi connectivity index (χ1n) is 6.38. The molecule has 0 aromatic heterocycles. The van der Waals surface area contributed by atoms with E-state index in [0.717, 1.165) is 36.4 Å². The van der Waals surface area contributed by atoms with Crippen molar-refractivity contribution in [3.63, 3.8) is 0 Å². The van der Waals surface area contributed by atoms with Gasteiger partial charge in [0, 0.05) is 32.4 Å². The number of nitrogens with zero attached hydrogens (tertiary/aromatic N) is 1. The Hall–Kier alpha value is -1.55. The minimum absolute atomic E-state index is 0.0913. The van der Waals surface area contributed by atoms with Crippen LogP contribution >= 0.6 is 0 Å². The number of hydrogen-bond acceptors (Lipinski definition) is 3. The summed E-state index contributed by atoms with van der Waals surface area (Å²) < 4.78 is 5.38. The van der Waals surface area contributed by atoms with Gasteiger partial charge in [0.1, 0.15) is 0 Å². The summed E-state index contributed by atoms with van der Waals surface area (Å²) in [7, 11) is 1.84. The fourth-order valence-corrected chi connectivity index (χ4v) is 2.17. The number of benzene rings is 1. The fourth-order valence-electron chi connectivity index (χ4n) is 2.17. The predicted octanol–water partition coefficient (Wildman–Crippen LogP) is 1.90. The number of rotatable bonds is 2. The standard InChI is InChI=1S/C14H20N2O2/c1-11-4-5-13(15-2)12(10-11)14(17)16-6-3-8-18-9-7-16/h4-5,10,15H,3,6-9H2,1-2H3. The van der Waals surface area contributed by atoms with Crippen molar-refractivity contribution in [2.24, 2.45) is 0 Å². The first-order valence-corrected chi connectivity index (χ1v) is 6.38. The second-order valence-corrected chi connectivity index (χ2v) is 4.56. The molecule has 0 radical (unpaired) electrons. The molecule has 0 spiro atoms. The topological polar surface area (TPSA) is 41.6 Å². The highest BCUT2D eigenvalue weighted by Crippen LogP contribution is 2.19. The molecule has 98 valence electrons. The Morgan fingerprint density at radius 3 is 2.94 bits per heavy atom. The predicted molar refractivity (Wildman–Crippen MR) is 72.1 cm³/mol. The zero-order valence-corrected chi connectivity index (χ0v) is 11.0. The van der Waals surface area contributed by atoms with Crippen LogP contribution in [0.5, 0.6) is 0 Å². The summed E-state index contributed by atoms with van der Waals surface area (Å²) >= 11 is 0. The van der Waals surface area contributed by atoms with Crippen LogP contribution in [0.3, 0.4) is 0 Å². The number of ether oxygens (including phenoxy) is 1. The molecule has 1 amide bonds. The van der Waals surface area contributed by atoms with Gasteiger partial charge in [0.05, 0.1) is 12.2 Å². The summed E-state index contributed by atoms with van der Waals surface area (Å²) in [5.74, 6) is 0.0913. The molecule has 1 fully saturated rings. The monoisotopic (exact) mass is 248 g/mol. The molecule has 0 atom stereocenters. The molecule has 1 aromatic rings. The molecular weight excluding hydrogens is 228 g/mol. The normalized spacial score (nSPS) is 16.2. The third kappa shape index (κ3) is 2.82. The maximum absolute atomic E-state index is 12.5. The van der Waals surface area contributed by atoms with E-state index in [1.807, 2.05) is 37.1 Å². The second-order valence-electron chi connectivity index (χ2n) is 4.56. The number of carbonyl (C=O) groups is 1. The highest BCUT2D eigenvalue weighted by atomic mass is 16.5. The zero-order valence-electron chi connectivity index (χ0n) is 11.0. The lowest BCUT2D eigenvalue weighted by atomic mass is 10.1. The van der Waals surface area contributed by atoms with Crippen LogP contribution in [0, 0.1) is 6.92 Å². The minimum Gasteiger partial charge on any atom is -0.387 e. The fraction of sp³-hybridized carbons (Fsp3) is 0.500.